The zero-order chi connectivity index (χ0) is 6.83. The molecular formula is C5H8NiOP-. The maximum atomic E-state index is 6.92. The Morgan fingerprint density at radius 2 is 1.88 bits per heavy atom. The van der Waals surface area contributed by atoms with Crippen molar-refractivity contribution in [1.29, 1.82) is 0 Å². The van der Waals surface area contributed by atoms with Gasteiger partial charge < -0.3 is 4.89 Å². The molecule has 0 radical (unpaired) electrons. The first-order chi connectivity index (χ1) is 3.91. The summed E-state index contributed by atoms with van der Waals surface area (Å²) in [5.41, 5.74) is 0. The van der Waals surface area contributed by atoms with Crippen LogP contribution in [-0.4, -0.2) is 9.89 Å². The van der Waals surface area contributed by atoms with Gasteiger partial charge in [-0.25, -0.2) is 0 Å². The van der Waals surface area contributed by atoms with Crippen LogP contribution in [0.15, 0.2) is 18.2 Å². The Bertz CT molecular complexity index is 70.5. The van der Waals surface area contributed by atoms with Gasteiger partial charge in [0.2, 0.25) is 0 Å². The predicted octanol–water partition coefficient (Wildman–Crippen LogP) is 0.650. The third kappa shape index (κ3) is 16.3. The zero-order valence-electron chi connectivity index (χ0n) is 4.23. The molecule has 0 aromatic carbocycles. The van der Waals surface area contributed by atoms with Gasteiger partial charge in [-0.15, -0.1) is 0 Å². The third-order valence-corrected chi connectivity index (χ3v) is 0.473. The van der Waals surface area contributed by atoms with E-state index in [1.807, 2.05) is 0 Å². The van der Waals surface area contributed by atoms with E-state index in [1.54, 1.807) is 17.1 Å². The molecule has 1 atom stereocenters. The van der Waals surface area contributed by atoms with Crippen LogP contribution in [0.4, 0.5) is 0 Å². The maximum absolute atomic E-state index is 6.92. The Morgan fingerprint density at radius 1 is 1.38 bits per heavy atom. The second-order valence-electron chi connectivity index (χ2n) is 0.683. The molecule has 0 fully saturated rings. The number of hydrogen-bond acceptors (Lipinski definition) is 1. The second-order valence-corrected chi connectivity index (χ2v) is 1.01. The molecule has 50 valence electrons. The van der Waals surface area contributed by atoms with Crippen LogP contribution in [0.5, 0.6) is 0 Å². The van der Waals surface area contributed by atoms with E-state index < -0.39 is 0 Å². The fraction of sp³-hybridized carbons (Fsp3) is 0. The Kier molecular flexibility index (Phi) is 21.7. The van der Waals surface area contributed by atoms with E-state index in [-0.39, 0.29) is 0 Å². The third-order valence-electron chi connectivity index (χ3n) is 0.283. The molecule has 0 aromatic heterocycles. The summed E-state index contributed by atoms with van der Waals surface area (Å²) >= 11 is 4.18. The Morgan fingerprint density at radius 3 is 2.00 bits per heavy atom. The monoisotopic (exact) mass is 173 g/mol. The van der Waals surface area contributed by atoms with E-state index in [2.05, 4.69) is 15.0 Å². The summed E-state index contributed by atoms with van der Waals surface area (Å²) in [6.45, 7) is 4.94. The van der Waals surface area contributed by atoms with Crippen molar-refractivity contribution >= 4 is 14.5 Å². The van der Waals surface area contributed by atoms with Gasteiger partial charge in [0, 0.05) is 0 Å². The molecule has 0 bridgehead atoms. The van der Waals surface area contributed by atoms with Gasteiger partial charge in [-0.1, -0.05) is 0 Å². The van der Waals surface area contributed by atoms with Crippen molar-refractivity contribution in [3.05, 3.63) is 24.8 Å². The summed E-state index contributed by atoms with van der Waals surface area (Å²) in [6.07, 6.45) is 4.83. The second kappa shape index (κ2) is 15.7. The van der Waals surface area contributed by atoms with E-state index in [1.165, 1.54) is 15.5 Å². The Labute approximate surface area is 59.7 Å². The first-order valence-electron chi connectivity index (χ1n) is 1.77. The minimum absolute atomic E-state index is 1.42. The van der Waals surface area contributed by atoms with Crippen molar-refractivity contribution in [2.24, 2.45) is 0 Å². The van der Waals surface area contributed by atoms with Gasteiger partial charge in [-0.2, -0.15) is 0 Å². The van der Waals surface area contributed by atoms with Crippen LogP contribution in [0.25, 0.3) is 0 Å². The number of allylic oxidation sites excluding steroid dienone is 3. The van der Waals surface area contributed by atoms with Gasteiger partial charge in [0.25, 0.3) is 0 Å². The van der Waals surface area contributed by atoms with Crippen LogP contribution in [0.2, 0.25) is 0 Å². The molecule has 1 N–H and O–H groups in total. The fourth-order valence-electron chi connectivity index (χ4n) is 0.0993. The van der Waals surface area contributed by atoms with Crippen LogP contribution in [-0.2, 0) is 15.0 Å². The van der Waals surface area contributed by atoms with Gasteiger partial charge in [-0.05, 0) is 9.47 Å². The molecule has 0 heterocycles. The zero-order valence-corrected chi connectivity index (χ0v) is 6.37. The first-order valence-corrected chi connectivity index (χ1v) is 2.86. The van der Waals surface area contributed by atoms with Gasteiger partial charge in [0.15, 0.2) is 0 Å². The standard InChI is InChI=1S/C5H5.Ni.H3OP/c1-3-5-4-2;;1-2/h1-5H;;1H,2H2/q-1;;/b5-3-;;. The topological polar surface area (TPSA) is 20.2 Å². The molecule has 0 saturated heterocycles. The Balaban J connectivity index is 0. The molecule has 0 spiro atoms. The van der Waals surface area contributed by atoms with Crippen LogP contribution in [0.1, 0.15) is 0 Å². The molecule has 8 heavy (non-hydrogen) atoms. The summed E-state index contributed by atoms with van der Waals surface area (Å²) < 4.78 is 0. The van der Waals surface area contributed by atoms with Crippen molar-refractivity contribution in [2.75, 3.05) is 0 Å². The SMILES string of the molecule is OP.[CH-]=C/C=C\[CH]=[Ni]. The molecule has 0 aliphatic heterocycles. The predicted molar refractivity (Wildman–Crippen MR) is 36.0 cm³/mol. The molecule has 0 aliphatic carbocycles. The molecular weight excluding hydrogens is 166 g/mol. The summed E-state index contributed by atoms with van der Waals surface area (Å²) in [7, 11) is 1.42. The number of rotatable bonds is 2. The average molecular weight is 174 g/mol. The van der Waals surface area contributed by atoms with Crippen molar-refractivity contribution < 1.29 is 19.9 Å². The molecule has 0 rings (SSSR count). The van der Waals surface area contributed by atoms with E-state index in [0.29, 0.717) is 0 Å². The van der Waals surface area contributed by atoms with Crippen molar-refractivity contribution in [3.8, 4) is 0 Å². The van der Waals surface area contributed by atoms with Gasteiger partial charge >= 0.3 is 44.8 Å². The van der Waals surface area contributed by atoms with Gasteiger partial charge in [-0.3, -0.25) is 0 Å². The minimum atomic E-state index is 1.42. The van der Waals surface area contributed by atoms with Crippen LogP contribution < -0.4 is 0 Å². The Hall–Kier alpha value is 0.234. The van der Waals surface area contributed by atoms with Crippen LogP contribution in [0.3, 0.4) is 0 Å². The first kappa shape index (κ1) is 11.1. The molecule has 0 aromatic rings. The van der Waals surface area contributed by atoms with Crippen molar-refractivity contribution in [3.63, 3.8) is 0 Å². The summed E-state index contributed by atoms with van der Waals surface area (Å²) in [6, 6.07) is 0. The van der Waals surface area contributed by atoms with Gasteiger partial charge in [0.05, 0.1) is 0 Å². The van der Waals surface area contributed by atoms with E-state index in [0.717, 1.165) is 0 Å². The van der Waals surface area contributed by atoms with E-state index in [4.69, 9.17) is 11.5 Å². The van der Waals surface area contributed by atoms with Gasteiger partial charge in [0.1, 0.15) is 0 Å². The summed E-state index contributed by atoms with van der Waals surface area (Å²) in [5, 5.41) is 0. The quantitative estimate of drug-likeness (QED) is 0.282. The fourth-order valence-corrected chi connectivity index (χ4v) is 0.209. The number of hydrogen-bond donors (Lipinski definition) is 1. The van der Waals surface area contributed by atoms with E-state index in [9.17, 15) is 0 Å². The molecule has 0 aliphatic rings. The molecule has 0 saturated carbocycles. The summed E-state index contributed by atoms with van der Waals surface area (Å²) in [4.78, 5) is 8.46. The molecule has 0 amide bonds. The molecule has 1 unspecified atom stereocenters. The molecule has 1 nitrogen and oxygen atoms in total. The van der Waals surface area contributed by atoms with Crippen molar-refractivity contribution in [1.82, 2.24) is 0 Å². The normalized spacial score (nSPS) is 7.50. The van der Waals surface area contributed by atoms with E-state index >= 15 is 0 Å². The summed E-state index contributed by atoms with van der Waals surface area (Å²) in [5.74, 6) is 0. The molecule has 3 heteroatoms. The van der Waals surface area contributed by atoms with Crippen LogP contribution in [0, 0.1) is 6.58 Å². The van der Waals surface area contributed by atoms with Crippen LogP contribution >= 0.6 is 9.47 Å². The van der Waals surface area contributed by atoms with Crippen molar-refractivity contribution in [2.45, 2.75) is 0 Å². The average Bonchev–Trinajstić information content (AvgIpc) is 1.88.